The molecule has 3 nitrogen and oxygen atoms in total. The summed E-state index contributed by atoms with van der Waals surface area (Å²) in [7, 11) is 0. The van der Waals surface area contributed by atoms with Crippen LogP contribution in [0.2, 0.25) is 0 Å². The van der Waals surface area contributed by atoms with Crippen LogP contribution in [0.5, 0.6) is 0 Å². The molecule has 84 valence electrons. The Morgan fingerprint density at radius 2 is 1.50 bits per heavy atom. The molecule has 3 heteroatoms. The largest absolute Gasteiger partial charge is 0.388 e. The van der Waals surface area contributed by atoms with Gasteiger partial charge in [-0.25, -0.2) is 0 Å². The van der Waals surface area contributed by atoms with E-state index in [1.54, 1.807) is 0 Å². The van der Waals surface area contributed by atoms with E-state index in [9.17, 15) is 0 Å². The third-order valence-corrected chi connectivity index (χ3v) is 2.25. The van der Waals surface area contributed by atoms with Gasteiger partial charge in [-0.15, -0.1) is 6.58 Å². The van der Waals surface area contributed by atoms with Crippen LogP contribution in [0, 0.1) is 0 Å². The van der Waals surface area contributed by atoms with Gasteiger partial charge in [-0.05, 0) is 19.3 Å². The lowest BCUT2D eigenvalue weighted by atomic mass is 10.1. The molecule has 1 atom stereocenters. The molecule has 0 fully saturated rings. The number of aliphatic hydroxyl groups excluding tert-OH is 2. The highest BCUT2D eigenvalue weighted by Gasteiger charge is 2.10. The van der Waals surface area contributed by atoms with E-state index in [-0.39, 0.29) is 0 Å². The number of hydrogen-bond acceptors (Lipinski definition) is 3. The normalized spacial score (nSPS) is 13.1. The van der Waals surface area contributed by atoms with Crippen LogP contribution in [0.4, 0.5) is 0 Å². The van der Waals surface area contributed by atoms with Crippen LogP contribution in [-0.4, -0.2) is 27.7 Å². The molecule has 0 aliphatic carbocycles. The topological polar surface area (TPSA) is 60.7 Å². The molecule has 0 aromatic carbocycles. The highest BCUT2D eigenvalue weighted by molar-refractivity contribution is 4.65. The average Bonchev–Trinajstić information content (AvgIpc) is 2.16. The van der Waals surface area contributed by atoms with E-state index in [1.165, 1.54) is 12.8 Å². The van der Waals surface area contributed by atoms with Crippen LogP contribution in [0.1, 0.15) is 44.9 Å². The van der Waals surface area contributed by atoms with E-state index in [0.717, 1.165) is 25.7 Å². The smallest absolute Gasteiger partial charge is 0.178 e. The lowest BCUT2D eigenvalue weighted by Gasteiger charge is -2.11. The molecule has 1 unspecified atom stereocenters. The van der Waals surface area contributed by atoms with Gasteiger partial charge in [0.05, 0.1) is 0 Å². The Bertz CT molecular complexity index is 134. The summed E-state index contributed by atoms with van der Waals surface area (Å²) in [5, 5.41) is 26.2. The lowest BCUT2D eigenvalue weighted by molar-refractivity contribution is -0.124. The summed E-state index contributed by atoms with van der Waals surface area (Å²) in [4.78, 5) is 0. The Labute approximate surface area is 86.1 Å². The van der Waals surface area contributed by atoms with Gasteiger partial charge in [0.25, 0.3) is 0 Å². The zero-order chi connectivity index (χ0) is 10.8. The van der Waals surface area contributed by atoms with Crippen LogP contribution in [0.3, 0.4) is 0 Å². The molecular weight excluding hydrogens is 180 g/mol. The van der Waals surface area contributed by atoms with Crippen molar-refractivity contribution in [2.24, 2.45) is 0 Å². The van der Waals surface area contributed by atoms with Crippen LogP contribution in [0.15, 0.2) is 12.7 Å². The predicted molar refractivity (Wildman–Crippen MR) is 56.7 cm³/mol. The maximum Gasteiger partial charge on any atom is 0.178 e. The average molecular weight is 202 g/mol. The molecule has 0 saturated heterocycles. The molecule has 0 rings (SSSR count). The molecule has 0 saturated carbocycles. The molecule has 3 N–H and O–H groups in total. The van der Waals surface area contributed by atoms with Crippen molar-refractivity contribution in [2.75, 3.05) is 0 Å². The van der Waals surface area contributed by atoms with Crippen molar-refractivity contribution in [3.05, 3.63) is 12.7 Å². The van der Waals surface area contributed by atoms with E-state index in [1.807, 2.05) is 6.08 Å². The van der Waals surface area contributed by atoms with Gasteiger partial charge in [0.15, 0.2) is 6.29 Å². The summed E-state index contributed by atoms with van der Waals surface area (Å²) >= 11 is 0. The number of hydrogen-bond donors (Lipinski definition) is 3. The fourth-order valence-corrected chi connectivity index (χ4v) is 1.32. The Hall–Kier alpha value is -0.380. The van der Waals surface area contributed by atoms with Gasteiger partial charge >= 0.3 is 0 Å². The van der Waals surface area contributed by atoms with Crippen molar-refractivity contribution in [2.45, 2.75) is 57.3 Å². The second-order valence-corrected chi connectivity index (χ2v) is 3.61. The van der Waals surface area contributed by atoms with Crippen molar-refractivity contribution < 1.29 is 15.3 Å². The third kappa shape index (κ3) is 8.23. The molecule has 0 aromatic heterocycles. The molecule has 0 spiro atoms. The second-order valence-electron chi connectivity index (χ2n) is 3.61. The molecule has 0 aliphatic rings. The lowest BCUT2D eigenvalue weighted by Crippen LogP contribution is -2.24. The predicted octanol–water partition coefficient (Wildman–Crippen LogP) is 1.57. The van der Waals surface area contributed by atoms with E-state index in [4.69, 9.17) is 15.3 Å². The van der Waals surface area contributed by atoms with Crippen LogP contribution >= 0.6 is 0 Å². The first-order valence-electron chi connectivity index (χ1n) is 5.33. The Morgan fingerprint density at radius 3 is 2.07 bits per heavy atom. The Balaban J connectivity index is 3.09. The van der Waals surface area contributed by atoms with Crippen molar-refractivity contribution in [1.29, 1.82) is 0 Å². The maximum atomic E-state index is 9.05. The molecule has 0 aliphatic heterocycles. The zero-order valence-electron chi connectivity index (χ0n) is 8.73. The monoisotopic (exact) mass is 202 g/mol. The Morgan fingerprint density at radius 1 is 0.929 bits per heavy atom. The molecule has 0 heterocycles. The molecule has 0 radical (unpaired) electrons. The van der Waals surface area contributed by atoms with Gasteiger partial charge in [-0.1, -0.05) is 31.8 Å². The minimum atomic E-state index is -1.59. The molecule has 0 amide bonds. The first-order valence-corrected chi connectivity index (χ1v) is 5.33. The zero-order valence-corrected chi connectivity index (χ0v) is 8.73. The quantitative estimate of drug-likeness (QED) is 0.302. The third-order valence-electron chi connectivity index (χ3n) is 2.25. The fourth-order valence-electron chi connectivity index (χ4n) is 1.32. The van der Waals surface area contributed by atoms with Crippen molar-refractivity contribution >= 4 is 0 Å². The van der Waals surface area contributed by atoms with Crippen LogP contribution in [-0.2, 0) is 0 Å². The second kappa shape index (κ2) is 9.19. The van der Waals surface area contributed by atoms with E-state index < -0.39 is 12.4 Å². The van der Waals surface area contributed by atoms with E-state index in [0.29, 0.717) is 6.42 Å². The van der Waals surface area contributed by atoms with Crippen LogP contribution in [0.25, 0.3) is 0 Å². The van der Waals surface area contributed by atoms with Gasteiger partial charge in [0, 0.05) is 0 Å². The fraction of sp³-hybridized carbons (Fsp3) is 0.818. The number of allylic oxidation sites excluding steroid dienone is 1. The number of unbranched alkanes of at least 4 members (excludes halogenated alkanes) is 5. The van der Waals surface area contributed by atoms with Gasteiger partial charge in [0.2, 0.25) is 0 Å². The molecule has 0 bridgehead atoms. The number of rotatable bonds is 9. The van der Waals surface area contributed by atoms with Crippen molar-refractivity contribution in [3.8, 4) is 0 Å². The number of aliphatic hydroxyl groups is 3. The summed E-state index contributed by atoms with van der Waals surface area (Å²) < 4.78 is 0. The summed E-state index contributed by atoms with van der Waals surface area (Å²) in [6, 6.07) is 0. The summed E-state index contributed by atoms with van der Waals surface area (Å²) in [6.07, 6.45) is 6.29. The summed E-state index contributed by atoms with van der Waals surface area (Å²) in [5.41, 5.74) is 0. The van der Waals surface area contributed by atoms with Crippen LogP contribution < -0.4 is 0 Å². The van der Waals surface area contributed by atoms with Gasteiger partial charge in [0.1, 0.15) is 6.10 Å². The van der Waals surface area contributed by atoms with E-state index in [2.05, 4.69) is 6.58 Å². The molecule has 0 aromatic rings. The standard InChI is InChI=1S/C11H22O3/c1-2-3-4-5-6-7-8-9-10(12)11(13)14/h2,10-14H,1,3-9H2. The SMILES string of the molecule is C=CCCCCCCCC(O)C(O)O. The first-order chi connectivity index (χ1) is 6.68. The molecule has 14 heavy (non-hydrogen) atoms. The highest BCUT2D eigenvalue weighted by Crippen LogP contribution is 2.09. The summed E-state index contributed by atoms with van der Waals surface area (Å²) in [5.74, 6) is 0. The van der Waals surface area contributed by atoms with Gasteiger partial charge in [-0.3, -0.25) is 0 Å². The van der Waals surface area contributed by atoms with E-state index >= 15 is 0 Å². The minimum absolute atomic E-state index is 0.471. The first kappa shape index (κ1) is 13.6. The van der Waals surface area contributed by atoms with Gasteiger partial charge in [-0.2, -0.15) is 0 Å². The Kier molecular flexibility index (Phi) is 8.94. The van der Waals surface area contributed by atoms with Gasteiger partial charge < -0.3 is 15.3 Å². The van der Waals surface area contributed by atoms with Crippen molar-refractivity contribution in [3.63, 3.8) is 0 Å². The van der Waals surface area contributed by atoms with Crippen molar-refractivity contribution in [1.82, 2.24) is 0 Å². The highest BCUT2D eigenvalue weighted by atomic mass is 16.5. The summed E-state index contributed by atoms with van der Waals surface area (Å²) in [6.45, 7) is 3.65. The minimum Gasteiger partial charge on any atom is -0.388 e. The molecular formula is C11H22O3. The maximum absolute atomic E-state index is 9.05.